The molecule has 0 fully saturated rings. The molecule has 0 amide bonds. The predicted octanol–water partition coefficient (Wildman–Crippen LogP) is 5.76. The molecule has 0 aliphatic carbocycles. The molecule has 0 N–H and O–H groups in total. The Labute approximate surface area is 125 Å². The van der Waals surface area contributed by atoms with Gasteiger partial charge in [0, 0.05) is 18.9 Å². The maximum Gasteiger partial charge on any atom is 0.0403 e. The molecular weight excluding hydrogens is 242 g/mol. The van der Waals surface area contributed by atoms with Crippen molar-refractivity contribution in [3.8, 4) is 0 Å². The number of hydrogen-bond acceptors (Lipinski definition) is 1. The van der Waals surface area contributed by atoms with Crippen molar-refractivity contribution in [1.82, 2.24) is 0 Å². The fraction of sp³-hybridized carbons (Fsp3) is 0.579. The maximum absolute atomic E-state index is 2.28. The Hall–Kier alpha value is -1.24. The summed E-state index contributed by atoms with van der Waals surface area (Å²) in [6.07, 6.45) is 3.38. The van der Waals surface area contributed by atoms with Gasteiger partial charge in [-0.15, -0.1) is 0 Å². The quantitative estimate of drug-likeness (QED) is 0.676. The highest BCUT2D eigenvalue weighted by molar-refractivity contribution is 5.50. The second-order valence-corrected chi connectivity index (χ2v) is 7.67. The van der Waals surface area contributed by atoms with E-state index in [-0.39, 0.29) is 10.8 Å². The van der Waals surface area contributed by atoms with E-state index in [1.54, 1.807) is 0 Å². The molecule has 0 spiro atoms. The fourth-order valence-corrected chi connectivity index (χ4v) is 2.32. The smallest absolute Gasteiger partial charge is 0.0403 e. The lowest BCUT2D eigenvalue weighted by molar-refractivity contribution is 0.486. The van der Waals surface area contributed by atoms with E-state index in [2.05, 4.69) is 90.9 Å². The van der Waals surface area contributed by atoms with Gasteiger partial charge in [-0.05, 0) is 40.5 Å². The summed E-state index contributed by atoms with van der Waals surface area (Å²) in [6, 6.07) is 8.91. The Morgan fingerprint density at radius 1 is 1.00 bits per heavy atom. The molecule has 112 valence electrons. The number of rotatable bonds is 3. The van der Waals surface area contributed by atoms with E-state index < -0.39 is 0 Å². The van der Waals surface area contributed by atoms with Crippen LogP contribution in [0.15, 0.2) is 36.0 Å². The van der Waals surface area contributed by atoms with Crippen LogP contribution in [0.4, 0.5) is 5.69 Å². The lowest BCUT2D eigenvalue weighted by Gasteiger charge is -2.26. The van der Waals surface area contributed by atoms with Gasteiger partial charge in [0.25, 0.3) is 0 Å². The van der Waals surface area contributed by atoms with Crippen molar-refractivity contribution in [3.05, 3.63) is 41.6 Å². The van der Waals surface area contributed by atoms with Gasteiger partial charge in [0.2, 0.25) is 0 Å². The Balaban J connectivity index is 2.99. The van der Waals surface area contributed by atoms with Crippen LogP contribution < -0.4 is 4.90 Å². The van der Waals surface area contributed by atoms with Crippen molar-refractivity contribution in [2.45, 2.75) is 60.3 Å². The number of nitrogens with zero attached hydrogens (tertiary/aromatic N) is 1. The summed E-state index contributed by atoms with van der Waals surface area (Å²) < 4.78 is 0. The summed E-state index contributed by atoms with van der Waals surface area (Å²) in [6.45, 7) is 15.8. The normalized spacial score (nSPS) is 13.5. The molecule has 1 heteroatoms. The first-order valence-corrected chi connectivity index (χ1v) is 7.60. The molecule has 0 saturated carbocycles. The van der Waals surface area contributed by atoms with E-state index in [4.69, 9.17) is 0 Å². The fourth-order valence-electron chi connectivity index (χ4n) is 2.32. The Morgan fingerprint density at radius 2 is 1.50 bits per heavy atom. The molecule has 20 heavy (non-hydrogen) atoms. The summed E-state index contributed by atoms with van der Waals surface area (Å²) in [4.78, 5) is 2.23. The molecule has 1 aromatic carbocycles. The van der Waals surface area contributed by atoms with E-state index in [0.29, 0.717) is 0 Å². The molecular formula is C19H31N. The minimum atomic E-state index is 0.215. The second-order valence-electron chi connectivity index (χ2n) is 7.67. The number of allylic oxidation sites excluding steroid dienone is 1. The summed E-state index contributed by atoms with van der Waals surface area (Å²) in [7, 11) is 2.13. The Bertz CT molecular complexity index is 452. The lowest BCUT2D eigenvalue weighted by Crippen LogP contribution is -2.16. The minimum Gasteiger partial charge on any atom is -0.351 e. The molecule has 0 aliphatic heterocycles. The minimum absolute atomic E-state index is 0.215. The SMILES string of the molecule is CC/C(=C\N(C)c1ccc(C(C)(C)C)cc1)C(C)(C)C. The Kier molecular flexibility index (Phi) is 5.07. The van der Waals surface area contributed by atoms with Crippen LogP contribution in [0.25, 0.3) is 0 Å². The highest BCUT2D eigenvalue weighted by Gasteiger charge is 2.16. The van der Waals surface area contributed by atoms with Gasteiger partial charge in [-0.3, -0.25) is 0 Å². The predicted molar refractivity (Wildman–Crippen MR) is 91.4 cm³/mol. The molecule has 0 saturated heterocycles. The molecule has 1 rings (SSSR count). The van der Waals surface area contributed by atoms with Gasteiger partial charge in [0.15, 0.2) is 0 Å². The van der Waals surface area contributed by atoms with Crippen molar-refractivity contribution in [1.29, 1.82) is 0 Å². The zero-order valence-corrected chi connectivity index (χ0v) is 14.5. The molecule has 1 nitrogen and oxygen atoms in total. The van der Waals surface area contributed by atoms with Crippen LogP contribution in [-0.2, 0) is 5.41 Å². The van der Waals surface area contributed by atoms with E-state index >= 15 is 0 Å². The number of anilines is 1. The van der Waals surface area contributed by atoms with E-state index in [9.17, 15) is 0 Å². The topological polar surface area (TPSA) is 3.24 Å². The summed E-state index contributed by atoms with van der Waals surface area (Å²) in [5.41, 5.74) is 4.54. The highest BCUT2D eigenvalue weighted by atomic mass is 15.1. The molecule has 0 heterocycles. The van der Waals surface area contributed by atoms with Crippen LogP contribution in [0.1, 0.15) is 60.5 Å². The average molecular weight is 273 g/mol. The van der Waals surface area contributed by atoms with E-state index in [0.717, 1.165) is 6.42 Å². The van der Waals surface area contributed by atoms with Crippen molar-refractivity contribution in [2.24, 2.45) is 5.41 Å². The van der Waals surface area contributed by atoms with E-state index in [1.807, 2.05) is 0 Å². The summed E-state index contributed by atoms with van der Waals surface area (Å²) in [5, 5.41) is 0. The third-order valence-corrected chi connectivity index (χ3v) is 3.83. The monoisotopic (exact) mass is 273 g/mol. The zero-order chi connectivity index (χ0) is 15.6. The molecule has 0 radical (unpaired) electrons. The first kappa shape index (κ1) is 16.8. The molecule has 0 aliphatic rings. The average Bonchev–Trinajstić information content (AvgIpc) is 2.33. The van der Waals surface area contributed by atoms with Gasteiger partial charge in [0.05, 0.1) is 0 Å². The number of hydrogen-bond donors (Lipinski definition) is 0. The van der Waals surface area contributed by atoms with Gasteiger partial charge in [-0.25, -0.2) is 0 Å². The first-order chi connectivity index (χ1) is 9.05. The van der Waals surface area contributed by atoms with Crippen LogP contribution >= 0.6 is 0 Å². The number of benzene rings is 1. The van der Waals surface area contributed by atoms with Crippen molar-refractivity contribution < 1.29 is 0 Å². The maximum atomic E-state index is 2.28. The first-order valence-electron chi connectivity index (χ1n) is 7.60. The molecule has 0 unspecified atom stereocenters. The molecule has 0 aromatic heterocycles. The molecule has 0 atom stereocenters. The van der Waals surface area contributed by atoms with Crippen LogP contribution in [0.2, 0.25) is 0 Å². The summed E-state index contributed by atoms with van der Waals surface area (Å²) >= 11 is 0. The van der Waals surface area contributed by atoms with Gasteiger partial charge < -0.3 is 4.90 Å². The van der Waals surface area contributed by atoms with Crippen molar-refractivity contribution in [2.75, 3.05) is 11.9 Å². The van der Waals surface area contributed by atoms with Gasteiger partial charge in [-0.2, -0.15) is 0 Å². The third-order valence-electron chi connectivity index (χ3n) is 3.83. The van der Waals surface area contributed by atoms with Gasteiger partial charge >= 0.3 is 0 Å². The van der Waals surface area contributed by atoms with Crippen LogP contribution in [-0.4, -0.2) is 7.05 Å². The van der Waals surface area contributed by atoms with Gasteiger partial charge in [-0.1, -0.05) is 60.6 Å². The second kappa shape index (κ2) is 6.03. The summed E-state index contributed by atoms with van der Waals surface area (Å²) in [5.74, 6) is 0. The molecule has 1 aromatic rings. The van der Waals surface area contributed by atoms with Crippen LogP contribution in [0.5, 0.6) is 0 Å². The van der Waals surface area contributed by atoms with Crippen LogP contribution in [0.3, 0.4) is 0 Å². The highest BCUT2D eigenvalue weighted by Crippen LogP contribution is 2.29. The molecule has 0 bridgehead atoms. The van der Waals surface area contributed by atoms with Crippen LogP contribution in [0, 0.1) is 5.41 Å². The zero-order valence-electron chi connectivity index (χ0n) is 14.5. The Morgan fingerprint density at radius 3 is 1.85 bits per heavy atom. The lowest BCUT2D eigenvalue weighted by atomic mass is 9.85. The van der Waals surface area contributed by atoms with E-state index in [1.165, 1.54) is 16.8 Å². The van der Waals surface area contributed by atoms with Crippen molar-refractivity contribution in [3.63, 3.8) is 0 Å². The largest absolute Gasteiger partial charge is 0.351 e. The van der Waals surface area contributed by atoms with Gasteiger partial charge in [0.1, 0.15) is 0 Å². The van der Waals surface area contributed by atoms with Crippen molar-refractivity contribution >= 4 is 5.69 Å². The standard InChI is InChI=1S/C19H31N/c1-9-15(18(2,3)4)14-20(8)17-12-10-16(11-13-17)19(5,6)7/h10-14H,9H2,1-8H3/b15-14+. The third kappa shape index (κ3) is 4.40.